The molecule has 2 saturated heterocycles. The van der Waals surface area contributed by atoms with Gasteiger partial charge in [-0.1, -0.05) is 6.42 Å². The van der Waals surface area contributed by atoms with E-state index in [1.807, 2.05) is 9.80 Å². The summed E-state index contributed by atoms with van der Waals surface area (Å²) in [6, 6.07) is -0.229. The Balaban J connectivity index is 1.91. The van der Waals surface area contributed by atoms with Crippen molar-refractivity contribution in [1.82, 2.24) is 9.80 Å². The third-order valence-electron chi connectivity index (χ3n) is 4.13. The third kappa shape index (κ3) is 3.69. The molecule has 2 fully saturated rings. The summed E-state index contributed by atoms with van der Waals surface area (Å²) in [5, 5.41) is 0. The number of hydrogen-bond acceptors (Lipinski definition) is 4. The average molecular weight is 268 g/mol. The number of methoxy groups -OCH3 is 1. The second-order valence-corrected chi connectivity index (χ2v) is 5.45. The summed E-state index contributed by atoms with van der Waals surface area (Å²) in [4.78, 5) is 27.9. The number of piperidine rings is 2. The maximum atomic E-state index is 12.3. The Morgan fingerprint density at radius 3 is 2.42 bits per heavy atom. The van der Waals surface area contributed by atoms with Gasteiger partial charge in [0.1, 0.15) is 6.04 Å². The number of carbonyl (C=O) groups is 2. The van der Waals surface area contributed by atoms with Crippen molar-refractivity contribution in [3.8, 4) is 0 Å². The van der Waals surface area contributed by atoms with Crippen LogP contribution in [0.25, 0.3) is 0 Å². The fourth-order valence-electron chi connectivity index (χ4n) is 3.00. The van der Waals surface area contributed by atoms with Crippen LogP contribution >= 0.6 is 0 Å². The van der Waals surface area contributed by atoms with Crippen LogP contribution in [0.2, 0.25) is 0 Å². The standard InChI is InChI=1S/C14H24N2O3/c1-19-14(18)12-7-3-6-10-16(12)11-13(17)15-8-4-2-5-9-15/h12H,2-11H2,1H3/t12-/m1/s1. The zero-order valence-electron chi connectivity index (χ0n) is 11.8. The first-order chi connectivity index (χ1) is 9.22. The molecule has 0 bridgehead atoms. The molecular weight excluding hydrogens is 244 g/mol. The van der Waals surface area contributed by atoms with Gasteiger partial charge in [-0.05, 0) is 38.6 Å². The molecule has 0 unspecified atom stereocenters. The zero-order valence-corrected chi connectivity index (χ0v) is 11.8. The summed E-state index contributed by atoms with van der Waals surface area (Å²) in [5.41, 5.74) is 0. The van der Waals surface area contributed by atoms with E-state index < -0.39 is 0 Å². The Labute approximate surface area is 114 Å². The van der Waals surface area contributed by atoms with Crippen molar-refractivity contribution in [2.45, 2.75) is 44.6 Å². The largest absolute Gasteiger partial charge is 0.468 e. The fourth-order valence-corrected chi connectivity index (χ4v) is 3.00. The average Bonchev–Trinajstić information content (AvgIpc) is 2.48. The minimum absolute atomic E-state index is 0.163. The monoisotopic (exact) mass is 268 g/mol. The molecule has 0 aromatic heterocycles. The van der Waals surface area contributed by atoms with Crippen LogP contribution < -0.4 is 0 Å². The second kappa shape index (κ2) is 6.89. The van der Waals surface area contributed by atoms with E-state index >= 15 is 0 Å². The van der Waals surface area contributed by atoms with Crippen molar-refractivity contribution in [2.75, 3.05) is 33.3 Å². The van der Waals surface area contributed by atoms with Crippen molar-refractivity contribution in [3.05, 3.63) is 0 Å². The van der Waals surface area contributed by atoms with Gasteiger partial charge in [-0.2, -0.15) is 0 Å². The maximum Gasteiger partial charge on any atom is 0.323 e. The van der Waals surface area contributed by atoms with Crippen LogP contribution in [0, 0.1) is 0 Å². The number of ether oxygens (including phenoxy) is 1. The van der Waals surface area contributed by atoms with Crippen LogP contribution in [0.4, 0.5) is 0 Å². The molecule has 0 saturated carbocycles. The molecule has 1 amide bonds. The molecule has 0 aromatic carbocycles. The van der Waals surface area contributed by atoms with Crippen molar-refractivity contribution >= 4 is 11.9 Å². The van der Waals surface area contributed by atoms with E-state index in [1.165, 1.54) is 13.5 Å². The molecule has 2 aliphatic rings. The highest BCUT2D eigenvalue weighted by Crippen LogP contribution is 2.18. The van der Waals surface area contributed by atoms with Crippen LogP contribution in [0.15, 0.2) is 0 Å². The zero-order chi connectivity index (χ0) is 13.7. The molecule has 0 spiro atoms. The SMILES string of the molecule is COC(=O)[C@H]1CCCCN1CC(=O)N1CCCCC1. The van der Waals surface area contributed by atoms with Crippen molar-refractivity contribution in [1.29, 1.82) is 0 Å². The normalized spacial score (nSPS) is 25.1. The highest BCUT2D eigenvalue weighted by Gasteiger charge is 2.31. The first-order valence-corrected chi connectivity index (χ1v) is 7.32. The van der Waals surface area contributed by atoms with E-state index in [1.54, 1.807) is 0 Å². The van der Waals surface area contributed by atoms with Gasteiger partial charge in [0.15, 0.2) is 0 Å². The van der Waals surface area contributed by atoms with Gasteiger partial charge in [-0.3, -0.25) is 14.5 Å². The van der Waals surface area contributed by atoms with E-state index in [-0.39, 0.29) is 17.9 Å². The third-order valence-corrected chi connectivity index (χ3v) is 4.13. The molecule has 1 atom stereocenters. The lowest BCUT2D eigenvalue weighted by Gasteiger charge is -2.35. The van der Waals surface area contributed by atoms with E-state index in [0.29, 0.717) is 6.54 Å². The van der Waals surface area contributed by atoms with Crippen LogP contribution in [0.5, 0.6) is 0 Å². The van der Waals surface area contributed by atoms with Crippen LogP contribution in [-0.4, -0.2) is 61.0 Å². The Bertz CT molecular complexity index is 327. The number of amides is 1. The van der Waals surface area contributed by atoms with Gasteiger partial charge >= 0.3 is 5.97 Å². The number of rotatable bonds is 3. The van der Waals surface area contributed by atoms with Crippen LogP contribution in [-0.2, 0) is 14.3 Å². The predicted octanol–water partition coefficient (Wildman–Crippen LogP) is 1.03. The topological polar surface area (TPSA) is 49.9 Å². The van der Waals surface area contributed by atoms with Crippen molar-refractivity contribution in [3.63, 3.8) is 0 Å². The minimum Gasteiger partial charge on any atom is -0.468 e. The van der Waals surface area contributed by atoms with Gasteiger partial charge in [-0.15, -0.1) is 0 Å². The first-order valence-electron chi connectivity index (χ1n) is 7.32. The number of esters is 1. The number of hydrogen-bond donors (Lipinski definition) is 0. The lowest BCUT2D eigenvalue weighted by molar-refractivity contribution is -0.149. The Morgan fingerprint density at radius 1 is 1.05 bits per heavy atom. The molecule has 5 heteroatoms. The number of nitrogens with zero attached hydrogens (tertiary/aromatic N) is 2. The minimum atomic E-state index is -0.229. The Hall–Kier alpha value is -1.10. The molecule has 2 aliphatic heterocycles. The molecular formula is C14H24N2O3. The van der Waals surface area contributed by atoms with E-state index in [4.69, 9.17) is 4.74 Å². The second-order valence-electron chi connectivity index (χ2n) is 5.45. The predicted molar refractivity (Wildman–Crippen MR) is 71.7 cm³/mol. The number of carbonyl (C=O) groups excluding carboxylic acids is 2. The van der Waals surface area contributed by atoms with E-state index in [9.17, 15) is 9.59 Å². The Kier molecular flexibility index (Phi) is 5.19. The molecule has 108 valence electrons. The van der Waals surface area contributed by atoms with Gasteiger partial charge in [0.05, 0.1) is 13.7 Å². The summed E-state index contributed by atoms with van der Waals surface area (Å²) in [6.07, 6.45) is 6.32. The Morgan fingerprint density at radius 2 is 1.74 bits per heavy atom. The highest BCUT2D eigenvalue weighted by molar-refractivity contribution is 5.80. The van der Waals surface area contributed by atoms with Gasteiger partial charge in [0.2, 0.25) is 5.91 Å². The lowest BCUT2D eigenvalue weighted by atomic mass is 10.0. The van der Waals surface area contributed by atoms with Gasteiger partial charge in [0, 0.05) is 13.1 Å². The van der Waals surface area contributed by atoms with Crippen molar-refractivity contribution in [2.24, 2.45) is 0 Å². The van der Waals surface area contributed by atoms with Crippen LogP contribution in [0.1, 0.15) is 38.5 Å². The molecule has 19 heavy (non-hydrogen) atoms. The summed E-state index contributed by atoms with van der Waals surface area (Å²) in [7, 11) is 1.42. The van der Waals surface area contributed by atoms with Gasteiger partial charge in [-0.25, -0.2) is 0 Å². The quantitative estimate of drug-likeness (QED) is 0.717. The number of likely N-dealkylation sites (tertiary alicyclic amines) is 2. The van der Waals surface area contributed by atoms with E-state index in [2.05, 4.69) is 0 Å². The molecule has 0 aromatic rings. The lowest BCUT2D eigenvalue weighted by Crippen LogP contribution is -2.50. The molecule has 0 radical (unpaired) electrons. The van der Waals surface area contributed by atoms with Gasteiger partial charge in [0.25, 0.3) is 0 Å². The van der Waals surface area contributed by atoms with Crippen molar-refractivity contribution < 1.29 is 14.3 Å². The molecule has 2 rings (SSSR count). The summed E-state index contributed by atoms with van der Waals surface area (Å²) in [5.74, 6) is -0.0401. The fraction of sp³-hybridized carbons (Fsp3) is 0.857. The van der Waals surface area contributed by atoms with E-state index in [0.717, 1.165) is 51.7 Å². The summed E-state index contributed by atoms with van der Waals surface area (Å²) < 4.78 is 4.84. The molecule has 2 heterocycles. The van der Waals surface area contributed by atoms with Gasteiger partial charge < -0.3 is 9.64 Å². The van der Waals surface area contributed by atoms with Crippen LogP contribution in [0.3, 0.4) is 0 Å². The smallest absolute Gasteiger partial charge is 0.323 e. The summed E-state index contributed by atoms with van der Waals surface area (Å²) in [6.45, 7) is 2.92. The summed E-state index contributed by atoms with van der Waals surface area (Å²) >= 11 is 0. The molecule has 0 aliphatic carbocycles. The maximum absolute atomic E-state index is 12.3. The molecule has 0 N–H and O–H groups in total. The molecule has 5 nitrogen and oxygen atoms in total. The first kappa shape index (κ1) is 14.3. The highest BCUT2D eigenvalue weighted by atomic mass is 16.5.